The van der Waals surface area contributed by atoms with Crippen molar-refractivity contribution in [2.45, 2.75) is 18.5 Å². The molecule has 0 aliphatic carbocycles. The van der Waals surface area contributed by atoms with Gasteiger partial charge in [0.15, 0.2) is 0 Å². The number of halogens is 1. The van der Waals surface area contributed by atoms with Crippen LogP contribution in [0.2, 0.25) is 0 Å². The molecule has 6 nitrogen and oxygen atoms in total. The van der Waals surface area contributed by atoms with Gasteiger partial charge in [-0.25, -0.2) is 4.39 Å². The van der Waals surface area contributed by atoms with Gasteiger partial charge in [-0.1, -0.05) is 42.5 Å². The number of carbonyl (C=O) groups is 2. The highest BCUT2D eigenvalue weighted by Crippen LogP contribution is 2.44. The smallest absolute Gasteiger partial charge is 0.255 e. The van der Waals surface area contributed by atoms with E-state index in [1.54, 1.807) is 30.2 Å². The molecule has 186 valence electrons. The van der Waals surface area contributed by atoms with Crippen LogP contribution >= 0.6 is 0 Å². The molecule has 2 unspecified atom stereocenters. The van der Waals surface area contributed by atoms with Crippen molar-refractivity contribution in [3.05, 3.63) is 101 Å². The fourth-order valence-electron chi connectivity index (χ4n) is 5.30. The van der Waals surface area contributed by atoms with Gasteiger partial charge in [0.2, 0.25) is 5.91 Å². The molecule has 5 rings (SSSR count). The van der Waals surface area contributed by atoms with Crippen LogP contribution in [0.25, 0.3) is 0 Å². The molecule has 0 saturated carbocycles. The Morgan fingerprint density at radius 1 is 1.00 bits per heavy atom. The SMILES string of the molecule is COc1ccc(C2C(C(=O)N3CC[NH+](C)CC3)c3ccccc3C(=O)N2Cc2ccc(F)cc2)cc1. The van der Waals surface area contributed by atoms with Crippen molar-refractivity contribution in [2.24, 2.45) is 0 Å². The highest BCUT2D eigenvalue weighted by molar-refractivity contribution is 6.01. The van der Waals surface area contributed by atoms with Gasteiger partial charge >= 0.3 is 0 Å². The third kappa shape index (κ3) is 4.58. The van der Waals surface area contributed by atoms with Crippen LogP contribution in [-0.4, -0.2) is 62.0 Å². The summed E-state index contributed by atoms with van der Waals surface area (Å²) < 4.78 is 19.0. The first kappa shape index (κ1) is 24.0. The summed E-state index contributed by atoms with van der Waals surface area (Å²) in [6.45, 7) is 3.42. The van der Waals surface area contributed by atoms with Crippen LogP contribution < -0.4 is 9.64 Å². The lowest BCUT2D eigenvalue weighted by atomic mass is 9.78. The van der Waals surface area contributed by atoms with Gasteiger partial charge in [0.1, 0.15) is 11.6 Å². The summed E-state index contributed by atoms with van der Waals surface area (Å²) >= 11 is 0. The van der Waals surface area contributed by atoms with Crippen molar-refractivity contribution in [1.82, 2.24) is 9.80 Å². The predicted molar refractivity (Wildman–Crippen MR) is 134 cm³/mol. The average molecular weight is 489 g/mol. The zero-order valence-corrected chi connectivity index (χ0v) is 20.6. The van der Waals surface area contributed by atoms with Crippen LogP contribution in [-0.2, 0) is 11.3 Å². The maximum atomic E-state index is 14.2. The number of nitrogens with one attached hydrogen (secondary N) is 1. The Morgan fingerprint density at radius 3 is 2.33 bits per heavy atom. The van der Waals surface area contributed by atoms with E-state index in [0.29, 0.717) is 24.4 Å². The van der Waals surface area contributed by atoms with Gasteiger partial charge in [-0.15, -0.1) is 0 Å². The summed E-state index contributed by atoms with van der Waals surface area (Å²) in [5, 5.41) is 0. The lowest BCUT2D eigenvalue weighted by molar-refractivity contribution is -0.883. The zero-order valence-electron chi connectivity index (χ0n) is 20.6. The van der Waals surface area contributed by atoms with Gasteiger partial charge in [0.25, 0.3) is 5.91 Å². The second kappa shape index (κ2) is 10.1. The molecule has 2 amide bonds. The summed E-state index contributed by atoms with van der Waals surface area (Å²) in [4.78, 5) is 33.2. The molecule has 0 bridgehead atoms. The maximum Gasteiger partial charge on any atom is 0.255 e. The van der Waals surface area contributed by atoms with Gasteiger partial charge in [0.05, 0.1) is 52.3 Å². The van der Waals surface area contributed by atoms with Gasteiger partial charge < -0.3 is 19.4 Å². The number of carbonyl (C=O) groups excluding carboxylic acids is 2. The van der Waals surface area contributed by atoms with E-state index >= 15 is 0 Å². The standard InChI is InChI=1S/C29H30FN3O3/c1-31-15-17-32(18-16-31)29(35)26-24-5-3-4-6-25(24)28(34)33(19-20-7-11-22(30)12-8-20)27(26)21-9-13-23(36-2)14-10-21/h3-14,26-27H,15-19H2,1-2H3/p+1. The molecule has 2 heterocycles. The third-order valence-electron chi connectivity index (χ3n) is 7.36. The van der Waals surface area contributed by atoms with Crippen molar-refractivity contribution >= 4 is 11.8 Å². The number of piperazine rings is 1. The van der Waals surface area contributed by atoms with Crippen LogP contribution in [0.5, 0.6) is 5.75 Å². The third-order valence-corrected chi connectivity index (χ3v) is 7.36. The molecule has 0 aromatic heterocycles. The minimum absolute atomic E-state index is 0.0346. The van der Waals surface area contributed by atoms with Crippen molar-refractivity contribution in [1.29, 1.82) is 0 Å². The van der Waals surface area contributed by atoms with E-state index in [2.05, 4.69) is 7.05 Å². The van der Waals surface area contributed by atoms with Crippen LogP contribution in [0.15, 0.2) is 72.8 Å². The lowest BCUT2D eigenvalue weighted by Crippen LogP contribution is -3.12. The summed E-state index contributed by atoms with van der Waals surface area (Å²) in [5.74, 6) is -0.275. The zero-order chi connectivity index (χ0) is 25.2. The van der Waals surface area contributed by atoms with Gasteiger partial charge in [-0.3, -0.25) is 9.59 Å². The lowest BCUT2D eigenvalue weighted by Gasteiger charge is -2.44. The van der Waals surface area contributed by atoms with E-state index in [-0.39, 0.29) is 24.2 Å². The Balaban J connectivity index is 1.62. The van der Waals surface area contributed by atoms with Gasteiger partial charge in [0, 0.05) is 12.1 Å². The van der Waals surface area contributed by atoms with Crippen LogP contribution in [0.1, 0.15) is 39.0 Å². The molecule has 7 heteroatoms. The highest BCUT2D eigenvalue weighted by Gasteiger charge is 2.45. The number of benzene rings is 3. The fraction of sp³-hybridized carbons (Fsp3) is 0.310. The number of amides is 2. The molecule has 2 atom stereocenters. The second-order valence-corrected chi connectivity index (χ2v) is 9.62. The highest BCUT2D eigenvalue weighted by atomic mass is 19.1. The van der Waals surface area contributed by atoms with E-state index in [1.165, 1.54) is 17.0 Å². The molecule has 2 aliphatic heterocycles. The Labute approximate surface area is 210 Å². The second-order valence-electron chi connectivity index (χ2n) is 9.62. The monoisotopic (exact) mass is 488 g/mol. The molecule has 1 fully saturated rings. The minimum atomic E-state index is -0.550. The van der Waals surface area contributed by atoms with Crippen molar-refractivity contribution in [2.75, 3.05) is 40.3 Å². The molecule has 1 N–H and O–H groups in total. The van der Waals surface area contributed by atoms with Crippen LogP contribution in [0.3, 0.4) is 0 Å². The van der Waals surface area contributed by atoms with E-state index in [0.717, 1.165) is 29.8 Å². The number of rotatable bonds is 5. The van der Waals surface area contributed by atoms with Crippen molar-refractivity contribution in [3.63, 3.8) is 0 Å². The normalized spacial score (nSPS) is 20.2. The predicted octanol–water partition coefficient (Wildman–Crippen LogP) is 2.67. The van der Waals surface area contributed by atoms with Crippen LogP contribution in [0.4, 0.5) is 4.39 Å². The van der Waals surface area contributed by atoms with Crippen molar-refractivity contribution < 1.29 is 23.6 Å². The van der Waals surface area contributed by atoms with Crippen LogP contribution in [0, 0.1) is 5.82 Å². The van der Waals surface area contributed by atoms with E-state index in [4.69, 9.17) is 4.74 Å². The summed E-state index contributed by atoms with van der Waals surface area (Å²) in [5.41, 5.74) is 2.97. The topological polar surface area (TPSA) is 54.3 Å². The molecule has 36 heavy (non-hydrogen) atoms. The number of likely N-dealkylation sites (N-methyl/N-ethyl adjacent to an activating group) is 1. The molecular weight excluding hydrogens is 457 g/mol. The first-order valence-corrected chi connectivity index (χ1v) is 12.3. The molecule has 0 radical (unpaired) electrons. The number of hydrogen-bond acceptors (Lipinski definition) is 3. The maximum absolute atomic E-state index is 14.2. The van der Waals surface area contributed by atoms with Crippen molar-refractivity contribution in [3.8, 4) is 5.75 Å². The molecule has 1 saturated heterocycles. The number of quaternary nitrogens is 1. The summed E-state index contributed by atoms with van der Waals surface area (Å²) in [6, 6.07) is 20.7. The molecule has 2 aliphatic rings. The number of fused-ring (bicyclic) bond motifs is 1. The Morgan fingerprint density at radius 2 is 1.67 bits per heavy atom. The molecule has 3 aromatic carbocycles. The molecule has 0 spiro atoms. The van der Waals surface area contributed by atoms with E-state index < -0.39 is 12.0 Å². The van der Waals surface area contributed by atoms with Gasteiger partial charge in [-0.05, 0) is 47.0 Å². The van der Waals surface area contributed by atoms with E-state index in [9.17, 15) is 14.0 Å². The first-order valence-electron chi connectivity index (χ1n) is 12.3. The molecule has 3 aromatic rings. The largest absolute Gasteiger partial charge is 0.497 e. The number of ether oxygens (including phenoxy) is 1. The summed E-state index contributed by atoms with van der Waals surface area (Å²) in [6.07, 6.45) is 0. The summed E-state index contributed by atoms with van der Waals surface area (Å²) in [7, 11) is 3.75. The average Bonchev–Trinajstić information content (AvgIpc) is 2.91. The number of hydrogen-bond donors (Lipinski definition) is 1. The quantitative estimate of drug-likeness (QED) is 0.601. The van der Waals surface area contributed by atoms with Gasteiger partial charge in [-0.2, -0.15) is 0 Å². The van der Waals surface area contributed by atoms with E-state index in [1.807, 2.05) is 47.4 Å². The molecular formula is C29H31FN3O3+. The number of methoxy groups -OCH3 is 1. The Bertz CT molecular complexity index is 1240. The Hall–Kier alpha value is -3.71. The number of nitrogens with zero attached hydrogens (tertiary/aromatic N) is 2. The minimum Gasteiger partial charge on any atom is -0.497 e. The Kier molecular flexibility index (Phi) is 6.74. The fourth-order valence-corrected chi connectivity index (χ4v) is 5.30. The first-order chi connectivity index (χ1) is 17.5.